The summed E-state index contributed by atoms with van der Waals surface area (Å²) in [4.78, 5) is 15.4. The Kier molecular flexibility index (Phi) is 7.20. The van der Waals surface area contributed by atoms with Crippen molar-refractivity contribution in [2.24, 2.45) is 0 Å². The summed E-state index contributed by atoms with van der Waals surface area (Å²) in [6.07, 6.45) is 0.478. The van der Waals surface area contributed by atoms with E-state index in [0.717, 1.165) is 30.9 Å². The van der Waals surface area contributed by atoms with Crippen molar-refractivity contribution >= 4 is 37.3 Å². The minimum Gasteiger partial charge on any atom is -0.310 e. The van der Waals surface area contributed by atoms with Crippen LogP contribution in [-0.4, -0.2) is 54.2 Å². The Bertz CT molecular complexity index is 1560. The zero-order valence-corrected chi connectivity index (χ0v) is 23.2. The van der Waals surface area contributed by atoms with Crippen LogP contribution in [0.1, 0.15) is 22.3 Å². The number of carbonyl (C=O) groups is 1. The van der Waals surface area contributed by atoms with Crippen molar-refractivity contribution in [2.45, 2.75) is 37.0 Å². The van der Waals surface area contributed by atoms with E-state index in [4.69, 9.17) is 0 Å². The third-order valence-corrected chi connectivity index (χ3v) is 10.1. The van der Waals surface area contributed by atoms with Crippen molar-refractivity contribution in [3.63, 3.8) is 0 Å². The molecular weight excluding hydrogens is 510 g/mol. The third-order valence-electron chi connectivity index (χ3n) is 6.53. The number of sulfonamides is 2. The average molecular weight is 542 g/mol. The maximum atomic E-state index is 13.8. The van der Waals surface area contributed by atoms with Crippen molar-refractivity contribution in [1.82, 2.24) is 4.31 Å². The second kappa shape index (κ2) is 9.92. The molecule has 10 heteroatoms. The van der Waals surface area contributed by atoms with Crippen molar-refractivity contribution in [3.05, 3.63) is 82.9 Å². The molecular formula is C27H31N3O5S2. The van der Waals surface area contributed by atoms with Crippen LogP contribution in [0.2, 0.25) is 0 Å². The molecule has 1 aliphatic rings. The molecule has 0 N–H and O–H groups in total. The van der Waals surface area contributed by atoms with E-state index in [1.165, 1.54) is 25.1 Å². The SMILES string of the molecule is Cc1ccc(S(=O)(=O)N(CC(=O)N2CCc3cc(S(=O)(=O)N(C)C)ccc32)c2ccc(C)cc2C)cc1. The van der Waals surface area contributed by atoms with Crippen LogP contribution in [0.5, 0.6) is 0 Å². The van der Waals surface area contributed by atoms with Crippen molar-refractivity contribution < 1.29 is 21.6 Å². The highest BCUT2D eigenvalue weighted by Gasteiger charge is 2.33. The van der Waals surface area contributed by atoms with E-state index in [2.05, 4.69) is 0 Å². The molecule has 0 spiro atoms. The maximum absolute atomic E-state index is 13.8. The Morgan fingerprint density at radius 1 is 0.811 bits per heavy atom. The fourth-order valence-corrected chi connectivity index (χ4v) is 6.87. The molecule has 1 heterocycles. The molecule has 3 aromatic rings. The lowest BCUT2D eigenvalue weighted by Crippen LogP contribution is -2.43. The smallest absolute Gasteiger partial charge is 0.264 e. The first-order valence-electron chi connectivity index (χ1n) is 11.8. The fraction of sp³-hybridized carbons (Fsp3) is 0.296. The van der Waals surface area contributed by atoms with Gasteiger partial charge in [0.2, 0.25) is 15.9 Å². The summed E-state index contributed by atoms with van der Waals surface area (Å²) < 4.78 is 55.0. The first-order chi connectivity index (χ1) is 17.3. The van der Waals surface area contributed by atoms with Crippen molar-refractivity contribution in [2.75, 3.05) is 36.4 Å². The van der Waals surface area contributed by atoms with Gasteiger partial charge in [0, 0.05) is 26.3 Å². The number of aryl methyl sites for hydroxylation is 3. The summed E-state index contributed by atoms with van der Waals surface area (Å²) in [7, 11) is -4.72. The molecule has 0 unspecified atom stereocenters. The lowest BCUT2D eigenvalue weighted by molar-refractivity contribution is -0.117. The predicted octanol–water partition coefficient (Wildman–Crippen LogP) is 3.65. The van der Waals surface area contributed by atoms with Gasteiger partial charge in [-0.05, 0) is 74.7 Å². The van der Waals surface area contributed by atoms with Crippen molar-refractivity contribution in [3.8, 4) is 0 Å². The first-order valence-corrected chi connectivity index (χ1v) is 14.7. The van der Waals surface area contributed by atoms with Crippen LogP contribution in [0.4, 0.5) is 11.4 Å². The van der Waals surface area contributed by atoms with Crippen LogP contribution in [-0.2, 0) is 31.3 Å². The minimum atomic E-state index is -4.04. The van der Waals surface area contributed by atoms with Gasteiger partial charge in [0.05, 0.1) is 15.5 Å². The molecule has 196 valence electrons. The number of amides is 1. The second-order valence-corrected chi connectivity index (χ2v) is 13.5. The number of rotatable bonds is 7. The van der Waals surface area contributed by atoms with Gasteiger partial charge >= 0.3 is 0 Å². The summed E-state index contributed by atoms with van der Waals surface area (Å²) in [6, 6.07) is 16.7. The zero-order valence-electron chi connectivity index (χ0n) is 21.6. The third kappa shape index (κ3) is 5.14. The summed E-state index contributed by atoms with van der Waals surface area (Å²) >= 11 is 0. The van der Waals surface area contributed by atoms with Gasteiger partial charge in [-0.15, -0.1) is 0 Å². The molecule has 0 aromatic heterocycles. The number of nitrogens with zero attached hydrogens (tertiary/aromatic N) is 3. The Balaban J connectivity index is 1.71. The van der Waals surface area contributed by atoms with Crippen LogP contribution in [0.25, 0.3) is 0 Å². The zero-order chi connectivity index (χ0) is 27.1. The number of hydrogen-bond donors (Lipinski definition) is 0. The van der Waals surface area contributed by atoms with Crippen LogP contribution in [0.3, 0.4) is 0 Å². The van der Waals surface area contributed by atoms with Gasteiger partial charge in [0.15, 0.2) is 0 Å². The fourth-order valence-electron chi connectivity index (χ4n) is 4.44. The van der Waals surface area contributed by atoms with Gasteiger partial charge in [-0.1, -0.05) is 35.4 Å². The maximum Gasteiger partial charge on any atom is 0.264 e. The molecule has 0 fully saturated rings. The molecule has 0 aliphatic carbocycles. The molecule has 0 atom stereocenters. The van der Waals surface area contributed by atoms with Gasteiger partial charge < -0.3 is 4.90 Å². The molecule has 1 aliphatic heterocycles. The molecule has 0 bridgehead atoms. The van der Waals surface area contributed by atoms with E-state index in [1.54, 1.807) is 42.5 Å². The van der Waals surface area contributed by atoms with Crippen LogP contribution in [0.15, 0.2) is 70.5 Å². The van der Waals surface area contributed by atoms with Crippen LogP contribution >= 0.6 is 0 Å². The van der Waals surface area contributed by atoms with E-state index < -0.39 is 32.5 Å². The topological polar surface area (TPSA) is 95.1 Å². The number of benzene rings is 3. The first kappa shape index (κ1) is 26.8. The second-order valence-electron chi connectivity index (χ2n) is 9.49. The summed E-state index contributed by atoms with van der Waals surface area (Å²) in [6.45, 7) is 5.57. The number of hydrogen-bond acceptors (Lipinski definition) is 5. The lowest BCUT2D eigenvalue weighted by atomic mass is 10.1. The van der Waals surface area contributed by atoms with E-state index in [-0.39, 0.29) is 9.79 Å². The molecule has 4 rings (SSSR count). The molecule has 8 nitrogen and oxygen atoms in total. The van der Waals surface area contributed by atoms with Gasteiger partial charge in [-0.3, -0.25) is 9.10 Å². The molecule has 0 radical (unpaired) electrons. The van der Waals surface area contributed by atoms with Gasteiger partial charge in [0.1, 0.15) is 6.54 Å². The lowest BCUT2D eigenvalue weighted by Gasteiger charge is -2.28. The standard InChI is InChI=1S/C27H31N3O5S2/c1-19-6-9-23(10-7-19)37(34,35)30(25-12-8-20(2)16-21(25)3)18-27(31)29-15-14-22-17-24(11-13-26(22)29)36(32,33)28(4)5/h6-13,16-17H,14-15,18H2,1-5H3. The Hall–Kier alpha value is -3.21. The van der Waals surface area contributed by atoms with E-state index in [0.29, 0.717) is 24.3 Å². The molecule has 1 amide bonds. The van der Waals surface area contributed by atoms with Crippen LogP contribution < -0.4 is 9.21 Å². The molecule has 0 saturated carbocycles. The Labute approximate surface area is 219 Å². The van der Waals surface area contributed by atoms with Crippen molar-refractivity contribution in [1.29, 1.82) is 0 Å². The monoisotopic (exact) mass is 541 g/mol. The van der Waals surface area contributed by atoms with Gasteiger partial charge in [0.25, 0.3) is 10.0 Å². The van der Waals surface area contributed by atoms with Crippen LogP contribution in [0, 0.1) is 20.8 Å². The minimum absolute atomic E-state index is 0.103. The number of fused-ring (bicyclic) bond motifs is 1. The predicted molar refractivity (Wildman–Crippen MR) is 145 cm³/mol. The molecule has 0 saturated heterocycles. The quantitative estimate of drug-likeness (QED) is 0.455. The Morgan fingerprint density at radius 2 is 1.43 bits per heavy atom. The summed E-state index contributed by atoms with van der Waals surface area (Å²) in [5.41, 5.74) is 4.41. The summed E-state index contributed by atoms with van der Waals surface area (Å²) in [5, 5.41) is 0. The number of anilines is 2. The normalized spacial score (nSPS) is 13.6. The Morgan fingerprint density at radius 3 is 2.05 bits per heavy atom. The van der Waals surface area contributed by atoms with Gasteiger partial charge in [-0.2, -0.15) is 0 Å². The van der Waals surface area contributed by atoms with E-state index in [1.807, 2.05) is 32.9 Å². The largest absolute Gasteiger partial charge is 0.310 e. The van der Waals surface area contributed by atoms with E-state index in [9.17, 15) is 21.6 Å². The number of carbonyl (C=O) groups excluding carboxylic acids is 1. The summed E-state index contributed by atoms with van der Waals surface area (Å²) in [5.74, 6) is -0.391. The molecule has 37 heavy (non-hydrogen) atoms. The highest BCUT2D eigenvalue weighted by atomic mass is 32.2. The average Bonchev–Trinajstić information content (AvgIpc) is 3.26. The highest BCUT2D eigenvalue weighted by molar-refractivity contribution is 7.92. The highest BCUT2D eigenvalue weighted by Crippen LogP contribution is 2.33. The molecule has 3 aromatic carbocycles. The van der Waals surface area contributed by atoms with E-state index >= 15 is 0 Å². The van der Waals surface area contributed by atoms with Gasteiger partial charge in [-0.25, -0.2) is 21.1 Å².